The molecule has 1 rings (SSSR count). The molecule has 55 heavy (non-hydrogen) atoms. The normalized spacial score (nSPS) is 17.6. The molecule has 320 valence electrons. The Morgan fingerprint density at radius 1 is 0.655 bits per heavy atom. The quantitative estimate of drug-likeness (QED) is 0.0150. The van der Waals surface area contributed by atoms with E-state index in [1.165, 1.54) is 83.5 Å². The lowest BCUT2D eigenvalue weighted by Crippen LogP contribution is -2.37. The smallest absolute Gasteiger partial charge is 0.306 e. The topological polar surface area (TPSA) is 124 Å². The van der Waals surface area contributed by atoms with E-state index >= 15 is 0 Å². The highest BCUT2D eigenvalue weighted by molar-refractivity contribution is 7.45. The number of allylic oxidation sites excluding steroid dienone is 4. The van der Waals surface area contributed by atoms with Crippen molar-refractivity contribution in [2.75, 3.05) is 47.5 Å². The van der Waals surface area contributed by atoms with Crippen molar-refractivity contribution in [3.63, 3.8) is 0 Å². The molecule has 0 bridgehead atoms. The molecule has 0 saturated carbocycles. The first-order chi connectivity index (χ1) is 26.5. The molecule has 0 aromatic rings. The van der Waals surface area contributed by atoms with Crippen LogP contribution in [0.2, 0.25) is 0 Å². The van der Waals surface area contributed by atoms with Crippen LogP contribution < -0.4 is 4.89 Å². The second-order valence-corrected chi connectivity index (χ2v) is 17.5. The van der Waals surface area contributed by atoms with Gasteiger partial charge in [-0.05, 0) is 51.4 Å². The number of carbonyl (C=O) groups is 2. The Labute approximate surface area is 336 Å². The summed E-state index contributed by atoms with van der Waals surface area (Å²) >= 11 is 0. The number of hydrogen-bond donors (Lipinski definition) is 0. The highest BCUT2D eigenvalue weighted by atomic mass is 31.2. The third kappa shape index (κ3) is 34.0. The number of carbonyl (C=O) groups excluding carboxylic acids is 2. The number of esters is 2. The van der Waals surface area contributed by atoms with Crippen molar-refractivity contribution >= 4 is 19.8 Å². The molecule has 1 aliphatic rings. The van der Waals surface area contributed by atoms with Crippen LogP contribution in [-0.4, -0.2) is 82.2 Å². The molecular formula is C44H80NO9P. The molecule has 0 N–H and O–H groups in total. The fourth-order valence-corrected chi connectivity index (χ4v) is 6.71. The Kier molecular flexibility index (Phi) is 30.9. The Morgan fingerprint density at radius 2 is 1.16 bits per heavy atom. The first-order valence-corrected chi connectivity index (χ1v) is 23.3. The summed E-state index contributed by atoms with van der Waals surface area (Å²) in [4.78, 5) is 37.5. The van der Waals surface area contributed by atoms with Crippen molar-refractivity contribution < 1.29 is 46.8 Å². The van der Waals surface area contributed by atoms with Crippen molar-refractivity contribution in [3.8, 4) is 0 Å². The Balaban J connectivity index is 2.33. The molecule has 1 saturated heterocycles. The first kappa shape index (κ1) is 51.2. The number of rotatable bonds is 38. The molecule has 0 spiro atoms. The van der Waals surface area contributed by atoms with Crippen molar-refractivity contribution in [2.45, 2.75) is 186 Å². The molecule has 3 unspecified atom stereocenters. The highest BCUT2D eigenvalue weighted by Crippen LogP contribution is 2.38. The van der Waals surface area contributed by atoms with Crippen LogP contribution in [0.3, 0.4) is 0 Å². The zero-order valence-electron chi connectivity index (χ0n) is 35.6. The standard InChI is InChI=1S/C44H80NO9P/c1-6-8-10-12-14-15-16-17-18-19-22-26-30-34-43(46)50-38-40(39-52-55(48,49)51-37-36-45(3,4)5)53-44(47)35-31-27-23-20-21-25-29-33-42-41(54-42)32-28-24-13-11-9-7-2/h20,23-25,28-29,40-42H,6-19,21-22,26-27,30-39H2,1-5H3/b23-20-,28-24-,29-25-/t40-,41?,42?/m1/s1. The molecule has 1 fully saturated rings. The second-order valence-electron chi connectivity index (χ2n) is 16.1. The molecule has 0 aromatic heterocycles. The number of phosphoric acid groups is 1. The zero-order valence-corrected chi connectivity index (χ0v) is 36.5. The molecule has 0 aliphatic carbocycles. The third-order valence-corrected chi connectivity index (χ3v) is 10.5. The van der Waals surface area contributed by atoms with E-state index in [0.29, 0.717) is 36.1 Å². The molecule has 0 radical (unpaired) electrons. The second kappa shape index (κ2) is 33.2. The van der Waals surface area contributed by atoms with Gasteiger partial charge in [0.25, 0.3) is 7.82 Å². The van der Waals surface area contributed by atoms with Crippen LogP contribution >= 0.6 is 7.82 Å². The van der Waals surface area contributed by atoms with E-state index in [2.05, 4.69) is 44.2 Å². The zero-order chi connectivity index (χ0) is 40.5. The van der Waals surface area contributed by atoms with Gasteiger partial charge >= 0.3 is 11.9 Å². The third-order valence-electron chi connectivity index (χ3n) is 9.57. The van der Waals surface area contributed by atoms with E-state index < -0.39 is 32.5 Å². The number of hydrogen-bond acceptors (Lipinski definition) is 9. The lowest BCUT2D eigenvalue weighted by molar-refractivity contribution is -0.870. The summed E-state index contributed by atoms with van der Waals surface area (Å²) in [6.45, 7) is 4.12. The minimum atomic E-state index is -4.64. The van der Waals surface area contributed by atoms with Crippen LogP contribution in [0.4, 0.5) is 0 Å². The van der Waals surface area contributed by atoms with Gasteiger partial charge in [-0.1, -0.05) is 140 Å². The SMILES string of the molecule is CCCCC/C=C\CC1OC1C/C=C\C/C=C\CCCC(=O)O[C@H](COC(=O)CCCCCCCCCCCCCCC)COP(=O)([O-])OCC[N+](C)(C)C. The average Bonchev–Trinajstić information content (AvgIpc) is 3.89. The molecule has 4 atom stereocenters. The molecule has 1 heterocycles. The van der Waals surface area contributed by atoms with Crippen LogP contribution in [-0.2, 0) is 37.4 Å². The van der Waals surface area contributed by atoms with Crippen molar-refractivity contribution in [1.82, 2.24) is 0 Å². The molecule has 10 nitrogen and oxygen atoms in total. The summed E-state index contributed by atoms with van der Waals surface area (Å²) in [6.07, 6.45) is 37.7. The first-order valence-electron chi connectivity index (χ1n) is 21.8. The highest BCUT2D eigenvalue weighted by Gasteiger charge is 2.36. The maximum Gasteiger partial charge on any atom is 0.306 e. The van der Waals surface area contributed by atoms with Gasteiger partial charge in [0.15, 0.2) is 6.10 Å². The summed E-state index contributed by atoms with van der Waals surface area (Å²) in [5.41, 5.74) is 0. The van der Waals surface area contributed by atoms with Gasteiger partial charge in [0.1, 0.15) is 19.8 Å². The molecule has 0 amide bonds. The summed E-state index contributed by atoms with van der Waals surface area (Å²) in [5.74, 6) is -0.904. The van der Waals surface area contributed by atoms with Crippen LogP contribution in [0.25, 0.3) is 0 Å². The molecular weight excluding hydrogens is 717 g/mol. The van der Waals surface area contributed by atoms with Gasteiger partial charge in [0.2, 0.25) is 0 Å². The van der Waals surface area contributed by atoms with Gasteiger partial charge in [-0.15, -0.1) is 0 Å². The van der Waals surface area contributed by atoms with Gasteiger partial charge in [0.05, 0.1) is 40.0 Å². The van der Waals surface area contributed by atoms with Crippen molar-refractivity contribution in [1.29, 1.82) is 0 Å². The fraction of sp³-hybridized carbons (Fsp3) is 0.818. The van der Waals surface area contributed by atoms with Crippen LogP contribution in [0, 0.1) is 0 Å². The summed E-state index contributed by atoms with van der Waals surface area (Å²) in [5, 5.41) is 0. The maximum absolute atomic E-state index is 12.7. The van der Waals surface area contributed by atoms with Gasteiger partial charge in [-0.3, -0.25) is 14.2 Å². The van der Waals surface area contributed by atoms with Crippen LogP contribution in [0.1, 0.15) is 168 Å². The number of epoxide rings is 1. The van der Waals surface area contributed by atoms with Gasteiger partial charge < -0.3 is 32.6 Å². The summed E-state index contributed by atoms with van der Waals surface area (Å²) < 4.78 is 39.6. The number of unbranched alkanes of at least 4 members (excludes halogenated alkanes) is 16. The van der Waals surface area contributed by atoms with E-state index in [1.54, 1.807) is 0 Å². The Bertz CT molecular complexity index is 1100. The van der Waals surface area contributed by atoms with Gasteiger partial charge in [0, 0.05) is 12.8 Å². The van der Waals surface area contributed by atoms with Crippen LogP contribution in [0.15, 0.2) is 36.5 Å². The van der Waals surface area contributed by atoms with Crippen molar-refractivity contribution in [2.24, 2.45) is 0 Å². The molecule has 0 aromatic carbocycles. The molecule has 1 aliphatic heterocycles. The fourth-order valence-electron chi connectivity index (χ4n) is 5.98. The number of nitrogens with zero attached hydrogens (tertiary/aromatic N) is 1. The average molecular weight is 798 g/mol. The number of quaternary nitrogens is 1. The lowest BCUT2D eigenvalue weighted by Gasteiger charge is -2.28. The summed E-state index contributed by atoms with van der Waals surface area (Å²) in [6, 6.07) is 0. The van der Waals surface area contributed by atoms with Gasteiger partial charge in [-0.25, -0.2) is 0 Å². The van der Waals surface area contributed by atoms with E-state index in [-0.39, 0.29) is 26.1 Å². The molecule has 11 heteroatoms. The van der Waals surface area contributed by atoms with Gasteiger partial charge in [-0.2, -0.15) is 0 Å². The monoisotopic (exact) mass is 798 g/mol. The van der Waals surface area contributed by atoms with E-state index in [4.69, 9.17) is 23.3 Å². The van der Waals surface area contributed by atoms with E-state index in [1.807, 2.05) is 27.2 Å². The van der Waals surface area contributed by atoms with Crippen molar-refractivity contribution in [3.05, 3.63) is 36.5 Å². The number of ether oxygens (including phenoxy) is 3. The Hall–Kier alpha value is -1.81. The number of phosphoric ester groups is 1. The predicted molar refractivity (Wildman–Crippen MR) is 221 cm³/mol. The van der Waals surface area contributed by atoms with E-state index in [9.17, 15) is 19.0 Å². The van der Waals surface area contributed by atoms with E-state index in [0.717, 1.165) is 44.9 Å². The number of likely N-dealkylation sites (N-methyl/N-ethyl adjacent to an activating group) is 1. The predicted octanol–water partition coefficient (Wildman–Crippen LogP) is 10.5. The summed E-state index contributed by atoms with van der Waals surface area (Å²) in [7, 11) is 1.12. The largest absolute Gasteiger partial charge is 0.756 e. The maximum atomic E-state index is 12.7. The lowest BCUT2D eigenvalue weighted by atomic mass is 10.0. The Morgan fingerprint density at radius 3 is 1.78 bits per heavy atom. The minimum Gasteiger partial charge on any atom is -0.756 e. The van der Waals surface area contributed by atoms with Crippen LogP contribution in [0.5, 0.6) is 0 Å². The minimum absolute atomic E-state index is 0.0430.